The minimum Gasteiger partial charge on any atom is -0.449 e. The van der Waals surface area contributed by atoms with E-state index in [-0.39, 0.29) is 0 Å². The van der Waals surface area contributed by atoms with Gasteiger partial charge in [0.25, 0.3) is 0 Å². The second-order valence-corrected chi connectivity index (χ2v) is 17.0. The van der Waals surface area contributed by atoms with Crippen molar-refractivity contribution in [3.63, 3.8) is 0 Å². The molecule has 13 rings (SSSR count). The first-order chi connectivity index (χ1) is 33.2. The van der Waals surface area contributed by atoms with Gasteiger partial charge in [-0.15, -0.1) is 0 Å². The molecule has 0 N–H and O–H groups in total. The molecule has 1 aromatic heterocycles. The lowest BCUT2D eigenvalue weighted by Gasteiger charge is -2.34. The molecule has 0 saturated carbocycles. The van der Waals surface area contributed by atoms with E-state index >= 15 is 0 Å². The average molecular weight is 858 g/mol. The SMILES string of the molecule is c1ccc(-c2nc(-c3ccc(-c4ccc5c(c4)Oc4ccc6c(c4O5)-c4ccccc4C6(c4ccccc4)c4ccccc4)cc3)nc(-c3ccc(-c4ccccc4)c4ccccc34)n2)cc1. The first kappa shape index (κ1) is 38.5. The highest BCUT2D eigenvalue weighted by Gasteiger charge is 2.48. The summed E-state index contributed by atoms with van der Waals surface area (Å²) in [5.74, 6) is 4.60. The zero-order valence-electron chi connectivity index (χ0n) is 36.2. The maximum absolute atomic E-state index is 6.91. The van der Waals surface area contributed by atoms with Gasteiger partial charge in [0.2, 0.25) is 0 Å². The Morgan fingerprint density at radius 1 is 0.299 bits per heavy atom. The minimum absolute atomic E-state index is 0.530. The molecular formula is C62H39N3O2. The van der Waals surface area contributed by atoms with Gasteiger partial charge in [-0.2, -0.15) is 0 Å². The van der Waals surface area contributed by atoms with Crippen LogP contribution in [0.1, 0.15) is 22.3 Å². The first-order valence-corrected chi connectivity index (χ1v) is 22.6. The third-order valence-electron chi connectivity index (χ3n) is 13.3. The number of aromatic nitrogens is 3. The van der Waals surface area contributed by atoms with Crippen molar-refractivity contribution in [2.24, 2.45) is 0 Å². The molecule has 2 heterocycles. The summed E-state index contributed by atoms with van der Waals surface area (Å²) >= 11 is 0. The van der Waals surface area contributed by atoms with Gasteiger partial charge < -0.3 is 9.47 Å². The molecule has 1 aliphatic heterocycles. The average Bonchev–Trinajstić information content (AvgIpc) is 3.72. The second kappa shape index (κ2) is 15.7. The van der Waals surface area contributed by atoms with Gasteiger partial charge in [0, 0.05) is 22.3 Å². The van der Waals surface area contributed by atoms with Gasteiger partial charge in [0.15, 0.2) is 40.5 Å². The van der Waals surface area contributed by atoms with Gasteiger partial charge in [-0.25, -0.2) is 15.0 Å². The molecule has 2 aliphatic rings. The van der Waals surface area contributed by atoms with Crippen LogP contribution in [0.3, 0.4) is 0 Å². The van der Waals surface area contributed by atoms with Gasteiger partial charge in [-0.3, -0.25) is 0 Å². The maximum atomic E-state index is 6.91. The molecular weight excluding hydrogens is 819 g/mol. The molecule has 0 fully saturated rings. The van der Waals surface area contributed by atoms with Crippen LogP contribution in [0.4, 0.5) is 0 Å². The van der Waals surface area contributed by atoms with Gasteiger partial charge >= 0.3 is 0 Å². The Morgan fingerprint density at radius 3 is 1.49 bits per heavy atom. The Labute approximate surface area is 388 Å². The molecule has 0 unspecified atom stereocenters. The van der Waals surface area contributed by atoms with Crippen molar-refractivity contribution in [2.45, 2.75) is 5.41 Å². The third-order valence-corrected chi connectivity index (χ3v) is 13.3. The molecule has 0 spiro atoms. The van der Waals surface area contributed by atoms with E-state index in [9.17, 15) is 0 Å². The molecule has 5 heteroatoms. The number of benzene rings is 10. The molecule has 0 saturated heterocycles. The summed E-state index contributed by atoms with van der Waals surface area (Å²) in [5, 5.41) is 2.22. The summed E-state index contributed by atoms with van der Waals surface area (Å²) in [4.78, 5) is 15.3. The molecule has 0 radical (unpaired) electrons. The number of rotatable bonds is 7. The van der Waals surface area contributed by atoms with Crippen LogP contribution in [-0.2, 0) is 5.41 Å². The lowest BCUT2D eigenvalue weighted by molar-refractivity contribution is 0.360. The van der Waals surface area contributed by atoms with E-state index in [0.29, 0.717) is 34.7 Å². The van der Waals surface area contributed by atoms with Crippen molar-refractivity contribution < 1.29 is 9.47 Å². The topological polar surface area (TPSA) is 57.1 Å². The van der Waals surface area contributed by atoms with Crippen LogP contribution in [0.5, 0.6) is 23.0 Å². The number of ether oxygens (including phenoxy) is 2. The van der Waals surface area contributed by atoms with Crippen molar-refractivity contribution in [1.29, 1.82) is 0 Å². The quantitative estimate of drug-likeness (QED) is 0.160. The van der Waals surface area contributed by atoms with Crippen molar-refractivity contribution >= 4 is 10.8 Å². The van der Waals surface area contributed by atoms with Gasteiger partial charge in [-0.1, -0.05) is 212 Å². The van der Waals surface area contributed by atoms with Crippen LogP contribution < -0.4 is 9.47 Å². The molecule has 0 amide bonds. The Bertz CT molecular complexity index is 3630. The van der Waals surface area contributed by atoms with Crippen molar-refractivity contribution in [1.82, 2.24) is 15.0 Å². The van der Waals surface area contributed by atoms with Crippen molar-refractivity contribution in [2.75, 3.05) is 0 Å². The zero-order chi connectivity index (χ0) is 44.3. The smallest absolute Gasteiger partial charge is 0.178 e. The number of fused-ring (bicyclic) bond motifs is 7. The molecule has 0 atom stereocenters. The summed E-state index contributed by atoms with van der Waals surface area (Å²) in [6.07, 6.45) is 0. The highest BCUT2D eigenvalue weighted by molar-refractivity contribution is 6.04. The molecule has 1 aliphatic carbocycles. The van der Waals surface area contributed by atoms with Gasteiger partial charge in [-0.05, 0) is 85.1 Å². The highest BCUT2D eigenvalue weighted by Crippen LogP contribution is 2.62. The lowest BCUT2D eigenvalue weighted by atomic mass is 9.68. The summed E-state index contributed by atoms with van der Waals surface area (Å²) in [6, 6.07) is 82.5. The Morgan fingerprint density at radius 2 is 0.806 bits per heavy atom. The predicted octanol–water partition coefficient (Wildman–Crippen LogP) is 15.6. The van der Waals surface area contributed by atoms with E-state index in [0.717, 1.165) is 61.0 Å². The normalized spacial score (nSPS) is 12.8. The number of hydrogen-bond acceptors (Lipinski definition) is 5. The lowest BCUT2D eigenvalue weighted by Crippen LogP contribution is -2.28. The maximum Gasteiger partial charge on any atom is 0.178 e. The van der Waals surface area contributed by atoms with E-state index in [1.54, 1.807) is 0 Å². The summed E-state index contributed by atoms with van der Waals surface area (Å²) in [6.45, 7) is 0. The van der Waals surface area contributed by atoms with Crippen LogP contribution in [0.25, 0.3) is 78.3 Å². The Kier molecular flexibility index (Phi) is 9.00. The van der Waals surface area contributed by atoms with Crippen molar-refractivity contribution in [3.8, 4) is 90.5 Å². The van der Waals surface area contributed by atoms with E-state index in [4.69, 9.17) is 24.4 Å². The fourth-order valence-corrected chi connectivity index (χ4v) is 10.3. The monoisotopic (exact) mass is 857 g/mol. The molecule has 67 heavy (non-hydrogen) atoms. The van der Waals surface area contributed by atoms with E-state index < -0.39 is 5.41 Å². The van der Waals surface area contributed by atoms with Gasteiger partial charge in [0.05, 0.1) is 5.41 Å². The summed E-state index contributed by atoms with van der Waals surface area (Å²) in [5.41, 5.74) is 13.6. The number of nitrogens with zero attached hydrogens (tertiary/aromatic N) is 3. The fraction of sp³-hybridized carbons (Fsp3) is 0.0161. The van der Waals surface area contributed by atoms with Crippen LogP contribution in [0.2, 0.25) is 0 Å². The predicted molar refractivity (Wildman–Crippen MR) is 268 cm³/mol. The van der Waals surface area contributed by atoms with E-state index in [2.05, 4.69) is 194 Å². The number of hydrogen-bond donors (Lipinski definition) is 0. The van der Waals surface area contributed by atoms with Crippen LogP contribution in [0, 0.1) is 0 Å². The van der Waals surface area contributed by atoms with Crippen LogP contribution >= 0.6 is 0 Å². The molecule has 314 valence electrons. The van der Waals surface area contributed by atoms with Crippen LogP contribution in [-0.4, -0.2) is 15.0 Å². The fourth-order valence-electron chi connectivity index (χ4n) is 10.3. The highest BCUT2D eigenvalue weighted by atomic mass is 16.6. The minimum atomic E-state index is -0.530. The van der Waals surface area contributed by atoms with E-state index in [1.807, 2.05) is 42.5 Å². The molecule has 11 aromatic rings. The first-order valence-electron chi connectivity index (χ1n) is 22.6. The third kappa shape index (κ3) is 6.28. The van der Waals surface area contributed by atoms with Crippen molar-refractivity contribution in [3.05, 3.63) is 259 Å². The Hall–Kier alpha value is -8.93. The largest absolute Gasteiger partial charge is 0.449 e. The van der Waals surface area contributed by atoms with Gasteiger partial charge in [0.1, 0.15) is 0 Å². The molecule has 0 bridgehead atoms. The summed E-state index contributed by atoms with van der Waals surface area (Å²) in [7, 11) is 0. The second-order valence-electron chi connectivity index (χ2n) is 17.0. The molecule has 10 aromatic carbocycles. The van der Waals surface area contributed by atoms with Crippen LogP contribution in [0.15, 0.2) is 237 Å². The molecule has 5 nitrogen and oxygen atoms in total. The Balaban J connectivity index is 0.855. The zero-order valence-corrected chi connectivity index (χ0v) is 36.2. The van der Waals surface area contributed by atoms with E-state index in [1.165, 1.54) is 27.8 Å². The summed E-state index contributed by atoms with van der Waals surface area (Å²) < 4.78 is 13.7. The standard InChI is InChI=1S/C62H39N3O2/c1-5-17-41(18-6-1)47-34-35-50(49-26-14-13-25-48(47)49)61-64-59(42-19-7-2-8-20-42)63-60(65-61)43-31-29-40(30-32-43)44-33-37-54-56(39-44)66-55-38-36-53-57(58(55)67-54)51-27-15-16-28-52(51)62(53,45-21-9-3-10-22-45)46-23-11-4-12-24-46/h1-39H.